The monoisotopic (exact) mass is 480 g/mol. The van der Waals surface area contributed by atoms with Crippen molar-refractivity contribution in [1.29, 1.82) is 0 Å². The number of ether oxygens (including phenoxy) is 3. The first-order chi connectivity index (χ1) is 17.6. The van der Waals surface area contributed by atoms with E-state index < -0.39 is 0 Å². The molecular weight excluding hydrogens is 456 g/mol. The van der Waals surface area contributed by atoms with Crippen LogP contribution in [0.5, 0.6) is 17.2 Å². The van der Waals surface area contributed by atoms with Gasteiger partial charge in [-0.2, -0.15) is 0 Å². The molecule has 7 nitrogen and oxygen atoms in total. The van der Waals surface area contributed by atoms with Gasteiger partial charge in [-0.25, -0.2) is 4.98 Å². The SMILES string of the molecule is COc1ccc(-c2nc(COc3cc4ccccc4cc3C(=O)Nc3ccccc3OC)co2)cc1. The quantitative estimate of drug-likeness (QED) is 0.279. The molecule has 0 unspecified atom stereocenters. The van der Waals surface area contributed by atoms with Crippen LogP contribution in [0.4, 0.5) is 5.69 Å². The Bertz CT molecular complexity index is 1510. The third kappa shape index (κ3) is 4.86. The number of nitrogens with zero attached hydrogens (tertiary/aromatic N) is 1. The highest BCUT2D eigenvalue weighted by Crippen LogP contribution is 2.30. The minimum atomic E-state index is -0.306. The lowest BCUT2D eigenvalue weighted by atomic mass is 10.1. The second-order valence-corrected chi connectivity index (χ2v) is 8.01. The number of methoxy groups -OCH3 is 2. The van der Waals surface area contributed by atoms with Crippen molar-refractivity contribution in [3.8, 4) is 28.7 Å². The fraction of sp³-hybridized carbons (Fsp3) is 0.103. The molecule has 5 rings (SSSR count). The first-order valence-electron chi connectivity index (χ1n) is 11.3. The minimum Gasteiger partial charge on any atom is -0.497 e. The van der Waals surface area contributed by atoms with E-state index in [1.807, 2.05) is 72.8 Å². The van der Waals surface area contributed by atoms with Gasteiger partial charge in [-0.15, -0.1) is 0 Å². The second-order valence-electron chi connectivity index (χ2n) is 8.01. The first kappa shape index (κ1) is 23.0. The molecule has 0 fully saturated rings. The van der Waals surface area contributed by atoms with Crippen molar-refractivity contribution in [3.05, 3.63) is 102 Å². The van der Waals surface area contributed by atoms with E-state index in [9.17, 15) is 4.79 Å². The molecule has 0 spiro atoms. The molecule has 0 aliphatic carbocycles. The summed E-state index contributed by atoms with van der Waals surface area (Å²) in [6.07, 6.45) is 1.55. The molecule has 0 aliphatic heterocycles. The van der Waals surface area contributed by atoms with Gasteiger partial charge in [0.15, 0.2) is 0 Å². The number of rotatable bonds is 8. The third-order valence-electron chi connectivity index (χ3n) is 5.71. The highest BCUT2D eigenvalue weighted by Gasteiger charge is 2.17. The standard InChI is InChI=1S/C29H24N2O5/c1-33-23-13-11-19(12-14-23)29-30-22(18-36-29)17-35-27-16-21-8-4-3-7-20(21)15-24(27)28(32)31-25-9-5-6-10-26(25)34-2/h3-16,18H,17H2,1-2H3,(H,31,32). The van der Waals surface area contributed by atoms with E-state index in [-0.39, 0.29) is 12.5 Å². The Kier molecular flexibility index (Phi) is 6.53. The van der Waals surface area contributed by atoms with E-state index in [1.54, 1.807) is 32.6 Å². The van der Waals surface area contributed by atoms with Crippen LogP contribution in [-0.2, 0) is 6.61 Å². The molecule has 1 aromatic heterocycles. The van der Waals surface area contributed by atoms with Crippen LogP contribution >= 0.6 is 0 Å². The second kappa shape index (κ2) is 10.2. The van der Waals surface area contributed by atoms with E-state index in [2.05, 4.69) is 10.3 Å². The summed E-state index contributed by atoms with van der Waals surface area (Å²) >= 11 is 0. The minimum absolute atomic E-state index is 0.132. The summed E-state index contributed by atoms with van der Waals surface area (Å²) in [6, 6.07) is 26.2. The Balaban J connectivity index is 1.40. The van der Waals surface area contributed by atoms with Crippen LogP contribution in [0.3, 0.4) is 0 Å². The van der Waals surface area contributed by atoms with Gasteiger partial charge in [0.1, 0.15) is 35.8 Å². The number of anilines is 1. The number of benzene rings is 4. The van der Waals surface area contributed by atoms with Crippen molar-refractivity contribution in [2.45, 2.75) is 6.61 Å². The molecule has 0 saturated carbocycles. The number of oxazole rings is 1. The number of hydrogen-bond acceptors (Lipinski definition) is 6. The summed E-state index contributed by atoms with van der Waals surface area (Å²) in [4.78, 5) is 17.8. The molecular formula is C29H24N2O5. The van der Waals surface area contributed by atoms with Crippen LogP contribution in [0.15, 0.2) is 95.6 Å². The zero-order valence-corrected chi connectivity index (χ0v) is 19.9. The smallest absolute Gasteiger partial charge is 0.259 e. The molecule has 0 bridgehead atoms. The van der Waals surface area contributed by atoms with Gasteiger partial charge >= 0.3 is 0 Å². The molecule has 0 atom stereocenters. The Morgan fingerprint density at radius 3 is 2.33 bits per heavy atom. The number of carbonyl (C=O) groups excluding carboxylic acids is 1. The molecule has 7 heteroatoms. The number of para-hydroxylation sites is 2. The van der Waals surface area contributed by atoms with E-state index in [1.165, 1.54) is 0 Å². The zero-order chi connectivity index (χ0) is 24.9. The van der Waals surface area contributed by atoms with Crippen molar-refractivity contribution >= 4 is 22.4 Å². The summed E-state index contributed by atoms with van der Waals surface area (Å²) in [5.41, 5.74) is 2.40. The number of nitrogens with one attached hydrogen (secondary N) is 1. The molecule has 36 heavy (non-hydrogen) atoms. The van der Waals surface area contributed by atoms with E-state index >= 15 is 0 Å². The largest absolute Gasteiger partial charge is 0.497 e. The van der Waals surface area contributed by atoms with Gasteiger partial charge in [-0.3, -0.25) is 4.79 Å². The lowest BCUT2D eigenvalue weighted by Gasteiger charge is -2.14. The number of amides is 1. The van der Waals surface area contributed by atoms with Crippen LogP contribution in [0.1, 0.15) is 16.1 Å². The number of fused-ring (bicyclic) bond motifs is 1. The van der Waals surface area contributed by atoms with Crippen LogP contribution in [-0.4, -0.2) is 25.1 Å². The predicted octanol–water partition coefficient (Wildman–Crippen LogP) is 6.34. The van der Waals surface area contributed by atoms with Gasteiger partial charge in [0.2, 0.25) is 5.89 Å². The maximum Gasteiger partial charge on any atom is 0.259 e. The van der Waals surface area contributed by atoms with E-state index in [0.717, 1.165) is 22.1 Å². The van der Waals surface area contributed by atoms with Gasteiger partial charge < -0.3 is 23.9 Å². The molecule has 1 N–H and O–H groups in total. The Labute approximate surface area is 208 Å². The van der Waals surface area contributed by atoms with Gasteiger partial charge in [0.25, 0.3) is 5.91 Å². The maximum absolute atomic E-state index is 13.3. The van der Waals surface area contributed by atoms with Gasteiger partial charge in [0, 0.05) is 5.56 Å². The molecule has 5 aromatic rings. The molecule has 0 aliphatic rings. The summed E-state index contributed by atoms with van der Waals surface area (Å²) in [5.74, 6) is 1.94. The van der Waals surface area contributed by atoms with E-state index in [0.29, 0.717) is 34.3 Å². The molecule has 0 radical (unpaired) electrons. The number of hydrogen-bond donors (Lipinski definition) is 1. The normalized spacial score (nSPS) is 10.7. The van der Waals surface area contributed by atoms with Crippen molar-refractivity contribution < 1.29 is 23.4 Å². The first-order valence-corrected chi connectivity index (χ1v) is 11.3. The van der Waals surface area contributed by atoms with Gasteiger partial charge in [-0.1, -0.05) is 36.4 Å². The Morgan fingerprint density at radius 1 is 0.861 bits per heavy atom. The van der Waals surface area contributed by atoms with Gasteiger partial charge in [-0.05, 0) is 59.3 Å². The third-order valence-corrected chi connectivity index (χ3v) is 5.71. The molecule has 1 amide bonds. The fourth-order valence-electron chi connectivity index (χ4n) is 3.84. The van der Waals surface area contributed by atoms with Crippen molar-refractivity contribution in [2.75, 3.05) is 19.5 Å². The molecule has 1 heterocycles. The van der Waals surface area contributed by atoms with Crippen LogP contribution in [0.2, 0.25) is 0 Å². The highest BCUT2D eigenvalue weighted by molar-refractivity contribution is 6.09. The summed E-state index contributed by atoms with van der Waals surface area (Å²) in [5, 5.41) is 4.82. The Hall–Kier alpha value is -4.78. The van der Waals surface area contributed by atoms with Crippen LogP contribution < -0.4 is 19.5 Å². The highest BCUT2D eigenvalue weighted by atomic mass is 16.5. The van der Waals surface area contributed by atoms with Crippen LogP contribution in [0.25, 0.3) is 22.2 Å². The zero-order valence-electron chi connectivity index (χ0n) is 19.9. The van der Waals surface area contributed by atoms with Crippen LogP contribution in [0, 0.1) is 0 Å². The molecule has 4 aromatic carbocycles. The van der Waals surface area contributed by atoms with E-state index in [4.69, 9.17) is 18.6 Å². The van der Waals surface area contributed by atoms with Crippen molar-refractivity contribution in [3.63, 3.8) is 0 Å². The molecule has 180 valence electrons. The number of aromatic nitrogens is 1. The van der Waals surface area contributed by atoms with Crippen molar-refractivity contribution in [2.24, 2.45) is 0 Å². The summed E-state index contributed by atoms with van der Waals surface area (Å²) in [7, 11) is 3.18. The fourth-order valence-corrected chi connectivity index (χ4v) is 3.84. The summed E-state index contributed by atoms with van der Waals surface area (Å²) in [6.45, 7) is 0.132. The van der Waals surface area contributed by atoms with Gasteiger partial charge in [0.05, 0.1) is 25.5 Å². The average Bonchev–Trinajstić information content (AvgIpc) is 3.41. The topological polar surface area (TPSA) is 82.8 Å². The molecule has 0 saturated heterocycles. The maximum atomic E-state index is 13.3. The Morgan fingerprint density at radius 2 is 1.58 bits per heavy atom. The predicted molar refractivity (Wildman–Crippen MR) is 138 cm³/mol. The number of carbonyl (C=O) groups is 1. The average molecular weight is 481 g/mol. The lowest BCUT2D eigenvalue weighted by Crippen LogP contribution is -2.14. The lowest BCUT2D eigenvalue weighted by molar-refractivity contribution is 0.102. The van der Waals surface area contributed by atoms with Crippen molar-refractivity contribution in [1.82, 2.24) is 4.98 Å². The summed E-state index contributed by atoms with van der Waals surface area (Å²) < 4.78 is 22.3.